The molecule has 0 aromatic heterocycles. The van der Waals surface area contributed by atoms with Gasteiger partial charge in [-0.3, -0.25) is 0 Å². The van der Waals surface area contributed by atoms with E-state index < -0.39 is 0 Å². The summed E-state index contributed by atoms with van der Waals surface area (Å²) < 4.78 is 5.92. The normalized spacial score (nSPS) is 28.2. The topological polar surface area (TPSA) is 49.7 Å². The Kier molecular flexibility index (Phi) is 4.66. The first-order valence-electron chi connectivity index (χ1n) is 6.84. The summed E-state index contributed by atoms with van der Waals surface area (Å²) in [5.74, 6) is 1.31. The summed E-state index contributed by atoms with van der Waals surface area (Å²) in [6.45, 7) is 0. The van der Waals surface area contributed by atoms with Gasteiger partial charge in [0.1, 0.15) is 17.6 Å². The molecule has 1 aromatic carbocycles. The molecule has 0 saturated heterocycles. The molecule has 2 N–H and O–H groups in total. The minimum atomic E-state index is -0.376. The molecule has 3 nitrogen and oxygen atoms in total. The van der Waals surface area contributed by atoms with Crippen LogP contribution in [0.4, 0.5) is 0 Å². The van der Waals surface area contributed by atoms with Crippen LogP contribution in [0, 0.1) is 5.92 Å². The van der Waals surface area contributed by atoms with Crippen LogP contribution in [0.2, 0.25) is 6.04 Å². The van der Waals surface area contributed by atoms with Crippen LogP contribution >= 0.6 is 0 Å². The van der Waals surface area contributed by atoms with Crippen molar-refractivity contribution in [1.82, 2.24) is 0 Å². The Morgan fingerprint density at radius 2 is 2.17 bits per heavy atom. The Bertz CT molecular complexity index is 381. The van der Waals surface area contributed by atoms with Gasteiger partial charge < -0.3 is 14.9 Å². The van der Waals surface area contributed by atoms with Crippen LogP contribution in [-0.4, -0.2) is 32.7 Å². The molecule has 1 aromatic rings. The van der Waals surface area contributed by atoms with E-state index in [-0.39, 0.29) is 18.0 Å². The summed E-state index contributed by atoms with van der Waals surface area (Å²) in [6, 6.07) is 8.08. The Labute approximate surface area is 111 Å². The van der Waals surface area contributed by atoms with Crippen LogP contribution in [0.1, 0.15) is 25.7 Å². The van der Waals surface area contributed by atoms with E-state index in [0.717, 1.165) is 25.7 Å². The van der Waals surface area contributed by atoms with Crippen LogP contribution in [0.5, 0.6) is 11.5 Å². The first-order valence-corrected chi connectivity index (χ1v) is 8.26. The van der Waals surface area contributed by atoms with Crippen molar-refractivity contribution >= 4 is 10.2 Å². The van der Waals surface area contributed by atoms with Crippen LogP contribution in [0.3, 0.4) is 0 Å². The van der Waals surface area contributed by atoms with E-state index in [4.69, 9.17) is 4.74 Å². The lowest BCUT2D eigenvalue weighted by Crippen LogP contribution is -2.41. The number of phenols is 1. The molecule has 3 atom stereocenters. The smallest absolute Gasteiger partial charge is 0.127 e. The SMILES string of the molecule is Oc1cccc(OC2C(O)CCCC2CC[SiH3])c1. The number of rotatable bonds is 4. The molecular weight excluding hydrogens is 244 g/mol. The lowest BCUT2D eigenvalue weighted by molar-refractivity contribution is -0.0297. The number of hydrogen-bond acceptors (Lipinski definition) is 3. The van der Waals surface area contributed by atoms with Gasteiger partial charge in [-0.05, 0) is 37.3 Å². The number of phenolic OH excluding ortho intramolecular Hbond substituents is 1. The van der Waals surface area contributed by atoms with Crippen molar-refractivity contribution in [2.24, 2.45) is 5.92 Å². The quantitative estimate of drug-likeness (QED) is 0.812. The lowest BCUT2D eigenvalue weighted by Gasteiger charge is -2.35. The van der Waals surface area contributed by atoms with Crippen molar-refractivity contribution in [3.8, 4) is 11.5 Å². The fraction of sp³-hybridized carbons (Fsp3) is 0.571. The van der Waals surface area contributed by atoms with Gasteiger partial charge in [0.25, 0.3) is 0 Å². The number of hydrogen-bond donors (Lipinski definition) is 2. The monoisotopic (exact) mass is 266 g/mol. The zero-order chi connectivity index (χ0) is 13.0. The van der Waals surface area contributed by atoms with Crippen molar-refractivity contribution in [2.45, 2.75) is 43.9 Å². The van der Waals surface area contributed by atoms with Crippen molar-refractivity contribution < 1.29 is 14.9 Å². The molecule has 2 rings (SSSR count). The van der Waals surface area contributed by atoms with Crippen LogP contribution in [0.15, 0.2) is 24.3 Å². The number of benzene rings is 1. The van der Waals surface area contributed by atoms with E-state index in [9.17, 15) is 10.2 Å². The number of aliphatic hydroxyl groups is 1. The van der Waals surface area contributed by atoms with E-state index >= 15 is 0 Å². The van der Waals surface area contributed by atoms with Gasteiger partial charge in [0, 0.05) is 16.3 Å². The Balaban J connectivity index is 2.08. The van der Waals surface area contributed by atoms with E-state index in [2.05, 4.69) is 0 Å². The highest BCUT2D eigenvalue weighted by Crippen LogP contribution is 2.32. The summed E-state index contributed by atoms with van der Waals surface area (Å²) in [4.78, 5) is 0. The number of ether oxygens (including phenoxy) is 1. The van der Waals surface area contributed by atoms with Gasteiger partial charge in [-0.1, -0.05) is 18.5 Å². The molecule has 0 amide bonds. The van der Waals surface area contributed by atoms with E-state index in [1.54, 1.807) is 18.2 Å². The minimum absolute atomic E-state index is 0.116. The average molecular weight is 266 g/mol. The molecule has 0 aliphatic heterocycles. The third kappa shape index (κ3) is 3.27. The lowest BCUT2D eigenvalue weighted by atomic mass is 9.82. The summed E-state index contributed by atoms with van der Waals surface area (Å²) in [5.41, 5.74) is 0. The summed E-state index contributed by atoms with van der Waals surface area (Å²) >= 11 is 0. The van der Waals surface area contributed by atoms with Crippen LogP contribution < -0.4 is 4.74 Å². The van der Waals surface area contributed by atoms with Gasteiger partial charge in [-0.15, -0.1) is 0 Å². The predicted octanol–water partition coefficient (Wildman–Crippen LogP) is 1.47. The maximum Gasteiger partial charge on any atom is 0.127 e. The van der Waals surface area contributed by atoms with E-state index in [1.165, 1.54) is 16.3 Å². The second-order valence-corrected chi connectivity index (χ2v) is 6.13. The molecule has 0 radical (unpaired) electrons. The first-order chi connectivity index (χ1) is 8.70. The summed E-state index contributed by atoms with van der Waals surface area (Å²) in [6.07, 6.45) is 3.71. The third-order valence-corrected chi connectivity index (χ3v) is 4.25. The van der Waals surface area contributed by atoms with Crippen LogP contribution in [-0.2, 0) is 0 Å². The molecule has 0 spiro atoms. The van der Waals surface area contributed by atoms with Gasteiger partial charge >= 0.3 is 0 Å². The Morgan fingerprint density at radius 1 is 1.33 bits per heavy atom. The molecule has 1 fully saturated rings. The van der Waals surface area contributed by atoms with Gasteiger partial charge in [-0.25, -0.2) is 0 Å². The van der Waals surface area contributed by atoms with Gasteiger partial charge in [0.2, 0.25) is 0 Å². The predicted molar refractivity (Wildman–Crippen MR) is 75.2 cm³/mol. The van der Waals surface area contributed by atoms with Crippen molar-refractivity contribution in [1.29, 1.82) is 0 Å². The molecule has 100 valence electrons. The zero-order valence-corrected chi connectivity index (χ0v) is 12.9. The molecule has 1 aliphatic carbocycles. The Morgan fingerprint density at radius 3 is 2.89 bits per heavy atom. The van der Waals surface area contributed by atoms with Crippen molar-refractivity contribution in [2.75, 3.05) is 0 Å². The Hall–Kier alpha value is -1.00. The van der Waals surface area contributed by atoms with E-state index in [1.807, 2.05) is 6.07 Å². The molecular formula is C14H22O3Si. The molecule has 18 heavy (non-hydrogen) atoms. The second-order valence-electron chi connectivity index (χ2n) is 5.13. The van der Waals surface area contributed by atoms with E-state index in [0.29, 0.717) is 11.7 Å². The summed E-state index contributed by atoms with van der Waals surface area (Å²) in [7, 11) is 1.20. The largest absolute Gasteiger partial charge is 0.508 e. The molecule has 4 heteroatoms. The number of aromatic hydroxyl groups is 1. The van der Waals surface area contributed by atoms with Gasteiger partial charge in [-0.2, -0.15) is 0 Å². The third-order valence-electron chi connectivity index (χ3n) is 3.67. The average Bonchev–Trinajstić information content (AvgIpc) is 2.34. The molecule has 1 aliphatic rings. The minimum Gasteiger partial charge on any atom is -0.508 e. The molecule has 3 unspecified atom stereocenters. The second kappa shape index (κ2) is 6.25. The first kappa shape index (κ1) is 13.4. The van der Waals surface area contributed by atoms with Crippen molar-refractivity contribution in [3.05, 3.63) is 24.3 Å². The highest BCUT2D eigenvalue weighted by atomic mass is 28.1. The fourth-order valence-corrected chi connectivity index (χ4v) is 3.54. The molecule has 1 saturated carbocycles. The van der Waals surface area contributed by atoms with Crippen molar-refractivity contribution in [3.63, 3.8) is 0 Å². The van der Waals surface area contributed by atoms with Crippen LogP contribution in [0.25, 0.3) is 0 Å². The highest BCUT2D eigenvalue weighted by Gasteiger charge is 2.33. The number of aliphatic hydroxyl groups excluding tert-OH is 1. The maximum atomic E-state index is 10.1. The fourth-order valence-electron chi connectivity index (χ4n) is 2.80. The highest BCUT2D eigenvalue weighted by molar-refractivity contribution is 6.08. The van der Waals surface area contributed by atoms with Gasteiger partial charge in [0.05, 0.1) is 6.10 Å². The summed E-state index contributed by atoms with van der Waals surface area (Å²) in [5, 5.41) is 19.6. The standard InChI is InChI=1S/C14H22O3Si/c15-11-4-2-5-12(9-11)17-14-10(7-8-18)3-1-6-13(14)16/h2,4-5,9-10,13-16H,1,3,6-8H2,18H3. The molecule has 0 bridgehead atoms. The van der Waals surface area contributed by atoms with Gasteiger partial charge in [0.15, 0.2) is 0 Å². The molecule has 0 heterocycles. The maximum absolute atomic E-state index is 10.1. The zero-order valence-electron chi connectivity index (χ0n) is 10.9.